The Morgan fingerprint density at radius 3 is 2.09 bits per heavy atom. The Balaban J connectivity index is 1.31. The molecule has 1 atom stereocenters. The fourth-order valence-corrected chi connectivity index (χ4v) is 8.13. The van der Waals surface area contributed by atoms with E-state index < -0.39 is 0 Å². The van der Waals surface area contributed by atoms with Crippen LogP contribution >= 0.6 is 10.5 Å². The highest BCUT2D eigenvalue weighted by Crippen LogP contribution is 2.43. The Hall–Kier alpha value is -5.39. The minimum absolute atomic E-state index is 0.0136. The van der Waals surface area contributed by atoms with Gasteiger partial charge in [-0.05, 0) is 46.2 Å². The van der Waals surface area contributed by atoms with E-state index >= 15 is 0 Å². The molecule has 3 aromatic heterocycles. The number of hydrogen-bond acceptors (Lipinski definition) is 4. The lowest BCUT2D eigenvalue weighted by molar-refractivity contribution is 0.672. The third-order valence-corrected chi connectivity index (χ3v) is 10.4. The number of benzene rings is 6. The van der Waals surface area contributed by atoms with Crippen molar-refractivity contribution < 1.29 is 4.42 Å². The molecule has 0 aliphatic heterocycles. The van der Waals surface area contributed by atoms with Crippen LogP contribution in [0, 0.1) is 0 Å². The van der Waals surface area contributed by atoms with Crippen molar-refractivity contribution in [1.29, 1.82) is 0 Å². The zero-order chi connectivity index (χ0) is 28.5. The number of nitrogens with zero attached hydrogens (tertiary/aromatic N) is 3. The molecule has 1 unspecified atom stereocenters. The van der Waals surface area contributed by atoms with Crippen molar-refractivity contribution in [2.75, 3.05) is 0 Å². The van der Waals surface area contributed by atoms with Crippen LogP contribution in [0.5, 0.6) is 0 Å². The van der Waals surface area contributed by atoms with Gasteiger partial charge in [-0.25, -0.2) is 15.0 Å². The molecule has 0 N–H and O–H groups in total. The highest BCUT2D eigenvalue weighted by atomic mass is 32.2. The molecule has 202 valence electrons. The van der Waals surface area contributed by atoms with Gasteiger partial charge in [-0.2, -0.15) is 0 Å². The largest absolute Gasteiger partial charge is 0.455 e. The van der Waals surface area contributed by atoms with Gasteiger partial charge in [-0.1, -0.05) is 91.0 Å². The number of aryl methyl sites for hydroxylation is 1. The molecule has 0 bridgehead atoms. The second kappa shape index (κ2) is 9.31. The van der Waals surface area contributed by atoms with Gasteiger partial charge < -0.3 is 4.42 Å². The number of hydrogen-bond donors (Lipinski definition) is 0. The summed E-state index contributed by atoms with van der Waals surface area (Å²) in [5, 5.41) is 6.93. The lowest BCUT2D eigenvalue weighted by Crippen LogP contribution is -2.00. The van der Waals surface area contributed by atoms with Crippen molar-refractivity contribution in [2.45, 2.75) is 0 Å². The average molecular weight is 571 g/mol. The minimum Gasteiger partial charge on any atom is -0.455 e. The van der Waals surface area contributed by atoms with Gasteiger partial charge in [-0.15, -0.1) is 0 Å². The van der Waals surface area contributed by atoms with Crippen molar-refractivity contribution in [2.24, 2.45) is 6.26 Å². The number of thiophene rings is 1. The normalized spacial score (nSPS) is 12.3. The number of fused-ring (bicyclic) bond motifs is 8. The number of aromatic nitrogens is 3. The highest BCUT2D eigenvalue weighted by Gasteiger charge is 2.21. The second-order valence-corrected chi connectivity index (χ2v) is 12.7. The zero-order valence-corrected chi connectivity index (χ0v) is 24.1. The van der Waals surface area contributed by atoms with E-state index in [0.29, 0.717) is 17.5 Å². The fraction of sp³-hybridized carbons (Fsp3) is 0.0263. The summed E-state index contributed by atoms with van der Waals surface area (Å²) in [4.78, 5) is 15.2. The zero-order valence-electron chi connectivity index (χ0n) is 23.3. The van der Waals surface area contributed by atoms with Gasteiger partial charge in [0.05, 0.1) is 0 Å². The second-order valence-electron chi connectivity index (χ2n) is 10.8. The number of furan rings is 1. The van der Waals surface area contributed by atoms with E-state index in [0.717, 1.165) is 49.4 Å². The summed E-state index contributed by atoms with van der Waals surface area (Å²) in [6.07, 6.45) is 2.30. The molecule has 9 aromatic rings. The maximum absolute atomic E-state index is 6.48. The molecule has 0 radical (unpaired) electrons. The van der Waals surface area contributed by atoms with Gasteiger partial charge in [0.1, 0.15) is 17.4 Å². The van der Waals surface area contributed by atoms with Crippen LogP contribution in [0.1, 0.15) is 0 Å². The van der Waals surface area contributed by atoms with Gasteiger partial charge in [0.25, 0.3) is 0 Å². The molecule has 9 rings (SSSR count). The molecular weight excluding hydrogens is 547 g/mol. The molecule has 0 aliphatic carbocycles. The van der Waals surface area contributed by atoms with Crippen molar-refractivity contribution in [1.82, 2.24) is 15.0 Å². The van der Waals surface area contributed by atoms with Crippen molar-refractivity contribution in [3.8, 4) is 34.2 Å². The molecule has 6 aromatic carbocycles. The van der Waals surface area contributed by atoms with E-state index in [1.807, 2.05) is 42.5 Å². The number of rotatable bonds is 3. The molecule has 3 heterocycles. The van der Waals surface area contributed by atoms with Gasteiger partial charge in [0.15, 0.2) is 26.9 Å². The van der Waals surface area contributed by atoms with E-state index in [1.165, 1.54) is 20.2 Å². The Kier molecular flexibility index (Phi) is 5.25. The molecule has 4 nitrogen and oxygen atoms in total. The van der Waals surface area contributed by atoms with Crippen LogP contribution in [-0.2, 0) is 6.26 Å². The summed E-state index contributed by atoms with van der Waals surface area (Å²) in [5.41, 5.74) is 4.56. The molecule has 0 spiro atoms. The van der Waals surface area contributed by atoms with Crippen LogP contribution in [-0.4, -0.2) is 15.0 Å². The first-order valence-corrected chi connectivity index (χ1v) is 15.9. The molecule has 0 fully saturated rings. The standard InChI is InChI=1S/C38H24N3OS/c1-43-32-17-8-7-14-27(32)28-20-19-25(22-33(28)43)37-39-36(24-11-3-2-4-12-24)40-38(41-37)30-15-9-16-31-34(30)29-21-18-23-10-5-6-13-26(23)35(29)42-31/h2-22H,1H3/q+1. The van der Waals surface area contributed by atoms with Crippen LogP contribution in [0.15, 0.2) is 132 Å². The summed E-state index contributed by atoms with van der Waals surface area (Å²) < 4.78 is 9.20. The Bertz CT molecular complexity index is 2530. The molecule has 0 aliphatic rings. The van der Waals surface area contributed by atoms with Crippen molar-refractivity contribution >= 4 is 63.4 Å². The van der Waals surface area contributed by atoms with Crippen molar-refractivity contribution in [3.05, 3.63) is 127 Å². The topological polar surface area (TPSA) is 51.8 Å². The van der Waals surface area contributed by atoms with Crippen LogP contribution < -0.4 is 0 Å². The van der Waals surface area contributed by atoms with Crippen LogP contribution in [0.2, 0.25) is 0 Å². The van der Waals surface area contributed by atoms with Gasteiger partial charge >= 0.3 is 0 Å². The summed E-state index contributed by atoms with van der Waals surface area (Å²) in [5.74, 6) is 1.94. The van der Waals surface area contributed by atoms with Crippen LogP contribution in [0.4, 0.5) is 0 Å². The van der Waals surface area contributed by atoms with Gasteiger partial charge in [0.2, 0.25) is 0 Å². The third-order valence-electron chi connectivity index (χ3n) is 8.37. The SMILES string of the molecule is C[s+]1c2ccccc2c2ccc(-c3nc(-c4ccccc4)nc(-c4cccc5oc6c7ccccc7ccc6c45)n3)cc21. The summed E-state index contributed by atoms with van der Waals surface area (Å²) >= 11 is 0. The lowest BCUT2D eigenvalue weighted by Gasteiger charge is -2.09. The minimum atomic E-state index is -0.0136. The quantitative estimate of drug-likeness (QED) is 0.198. The summed E-state index contributed by atoms with van der Waals surface area (Å²) in [7, 11) is -0.0136. The summed E-state index contributed by atoms with van der Waals surface area (Å²) in [6.45, 7) is 0. The van der Waals surface area contributed by atoms with Gasteiger partial charge in [0, 0.05) is 49.7 Å². The molecule has 43 heavy (non-hydrogen) atoms. The first kappa shape index (κ1) is 24.2. The Morgan fingerprint density at radius 2 is 1.21 bits per heavy atom. The first-order chi connectivity index (χ1) is 21.2. The predicted molar refractivity (Wildman–Crippen MR) is 179 cm³/mol. The van der Waals surface area contributed by atoms with E-state index in [4.69, 9.17) is 19.4 Å². The molecule has 0 saturated carbocycles. The maximum atomic E-state index is 6.48. The monoisotopic (exact) mass is 570 g/mol. The van der Waals surface area contributed by atoms with E-state index in [2.05, 4.69) is 91.2 Å². The van der Waals surface area contributed by atoms with Crippen molar-refractivity contribution in [3.63, 3.8) is 0 Å². The summed E-state index contributed by atoms with van der Waals surface area (Å²) in [6, 6.07) is 44.2. The molecular formula is C38H24N3OS+. The highest BCUT2D eigenvalue weighted by molar-refractivity contribution is 7.41. The predicted octanol–water partition coefficient (Wildman–Crippen LogP) is 10.5. The van der Waals surface area contributed by atoms with Crippen LogP contribution in [0.3, 0.4) is 0 Å². The molecule has 5 heteroatoms. The van der Waals surface area contributed by atoms with Gasteiger partial charge in [-0.3, -0.25) is 0 Å². The Labute approximate surface area is 249 Å². The fourth-order valence-electron chi connectivity index (χ4n) is 6.29. The van der Waals surface area contributed by atoms with E-state index in [9.17, 15) is 0 Å². The average Bonchev–Trinajstić information content (AvgIpc) is 3.60. The smallest absolute Gasteiger partial charge is 0.182 e. The Morgan fingerprint density at radius 1 is 0.512 bits per heavy atom. The van der Waals surface area contributed by atoms with Crippen LogP contribution in [0.25, 0.3) is 87.0 Å². The van der Waals surface area contributed by atoms with E-state index in [1.54, 1.807) is 0 Å². The molecule has 0 saturated heterocycles. The van der Waals surface area contributed by atoms with E-state index in [-0.39, 0.29) is 10.5 Å². The third kappa shape index (κ3) is 3.72. The lowest BCUT2D eigenvalue weighted by atomic mass is 10.0. The molecule has 0 amide bonds. The first-order valence-electron chi connectivity index (χ1n) is 14.3. The maximum Gasteiger partial charge on any atom is 0.182 e.